The molecule has 0 radical (unpaired) electrons. The molecule has 120 valence electrons. The number of pyridine rings is 1. The average molecular weight is 320 g/mol. The first-order valence-electron chi connectivity index (χ1n) is 8.09. The summed E-state index contributed by atoms with van der Waals surface area (Å²) in [7, 11) is 0. The van der Waals surface area contributed by atoms with Gasteiger partial charge in [-0.15, -0.1) is 0 Å². The standard InChI is InChI=1S/C19H17FN4/c20-16-5-3-14(4-6-16)17-13-22-19(24-11-1-2-12-24)23-18(17)15-7-9-21-10-8-15/h3-10,13H,1-2,11-12H2. The summed E-state index contributed by atoms with van der Waals surface area (Å²) >= 11 is 0. The second-order valence-electron chi connectivity index (χ2n) is 5.87. The van der Waals surface area contributed by atoms with E-state index in [1.54, 1.807) is 24.5 Å². The van der Waals surface area contributed by atoms with Crippen molar-refractivity contribution in [1.82, 2.24) is 15.0 Å². The second-order valence-corrected chi connectivity index (χ2v) is 5.87. The molecule has 4 rings (SSSR count). The van der Waals surface area contributed by atoms with Crippen molar-refractivity contribution in [2.75, 3.05) is 18.0 Å². The number of anilines is 1. The topological polar surface area (TPSA) is 41.9 Å². The van der Waals surface area contributed by atoms with Crippen LogP contribution in [0.3, 0.4) is 0 Å². The lowest BCUT2D eigenvalue weighted by Gasteiger charge is -2.17. The van der Waals surface area contributed by atoms with E-state index < -0.39 is 0 Å². The monoisotopic (exact) mass is 320 g/mol. The van der Waals surface area contributed by atoms with Gasteiger partial charge in [0.25, 0.3) is 0 Å². The Hall–Kier alpha value is -2.82. The predicted molar refractivity (Wildman–Crippen MR) is 92.1 cm³/mol. The van der Waals surface area contributed by atoms with Crippen LogP contribution >= 0.6 is 0 Å². The van der Waals surface area contributed by atoms with E-state index in [-0.39, 0.29) is 5.82 Å². The molecule has 1 aliphatic rings. The van der Waals surface area contributed by atoms with Crippen molar-refractivity contribution in [3.05, 3.63) is 60.8 Å². The van der Waals surface area contributed by atoms with Crippen molar-refractivity contribution in [3.8, 4) is 22.4 Å². The molecule has 1 aliphatic heterocycles. The van der Waals surface area contributed by atoms with Gasteiger partial charge in [0.2, 0.25) is 5.95 Å². The number of hydrogen-bond acceptors (Lipinski definition) is 4. The zero-order chi connectivity index (χ0) is 16.4. The van der Waals surface area contributed by atoms with Crippen LogP contribution in [-0.2, 0) is 0 Å². The Morgan fingerprint density at radius 3 is 2.29 bits per heavy atom. The maximum absolute atomic E-state index is 13.2. The van der Waals surface area contributed by atoms with Crippen LogP contribution < -0.4 is 4.90 Å². The summed E-state index contributed by atoms with van der Waals surface area (Å²) in [6.45, 7) is 1.98. The molecule has 0 N–H and O–H groups in total. The lowest BCUT2D eigenvalue weighted by molar-refractivity contribution is 0.628. The van der Waals surface area contributed by atoms with Gasteiger partial charge in [-0.3, -0.25) is 4.98 Å². The van der Waals surface area contributed by atoms with Crippen molar-refractivity contribution in [2.24, 2.45) is 0 Å². The van der Waals surface area contributed by atoms with Gasteiger partial charge in [0, 0.05) is 42.8 Å². The van der Waals surface area contributed by atoms with Crippen LogP contribution in [0.25, 0.3) is 22.4 Å². The maximum atomic E-state index is 13.2. The molecular weight excluding hydrogens is 303 g/mol. The molecule has 0 saturated carbocycles. The summed E-state index contributed by atoms with van der Waals surface area (Å²) in [6.07, 6.45) is 7.69. The minimum absolute atomic E-state index is 0.251. The Kier molecular flexibility index (Phi) is 3.91. The number of rotatable bonds is 3. The van der Waals surface area contributed by atoms with Gasteiger partial charge in [0.05, 0.1) is 5.69 Å². The number of nitrogens with zero attached hydrogens (tertiary/aromatic N) is 4. The zero-order valence-corrected chi connectivity index (χ0v) is 13.2. The Bertz CT molecular complexity index is 828. The molecule has 1 saturated heterocycles. The van der Waals surface area contributed by atoms with Gasteiger partial charge in [-0.2, -0.15) is 0 Å². The van der Waals surface area contributed by atoms with E-state index in [0.29, 0.717) is 0 Å². The van der Waals surface area contributed by atoms with Gasteiger partial charge in [-0.05, 0) is 42.7 Å². The maximum Gasteiger partial charge on any atom is 0.225 e. The smallest absolute Gasteiger partial charge is 0.225 e. The predicted octanol–water partition coefficient (Wildman–Crippen LogP) is 3.94. The van der Waals surface area contributed by atoms with E-state index >= 15 is 0 Å². The van der Waals surface area contributed by atoms with E-state index in [0.717, 1.165) is 41.4 Å². The summed E-state index contributed by atoms with van der Waals surface area (Å²) in [5, 5.41) is 0. The molecule has 1 aromatic carbocycles. The molecule has 0 amide bonds. The van der Waals surface area contributed by atoms with E-state index in [9.17, 15) is 4.39 Å². The van der Waals surface area contributed by atoms with Gasteiger partial charge in [-0.1, -0.05) is 12.1 Å². The van der Waals surface area contributed by atoms with Gasteiger partial charge >= 0.3 is 0 Å². The van der Waals surface area contributed by atoms with Crippen molar-refractivity contribution < 1.29 is 4.39 Å². The average Bonchev–Trinajstić information content (AvgIpc) is 3.17. The van der Waals surface area contributed by atoms with Crippen LogP contribution in [-0.4, -0.2) is 28.0 Å². The third-order valence-electron chi connectivity index (χ3n) is 4.27. The Morgan fingerprint density at radius 2 is 1.58 bits per heavy atom. The lowest BCUT2D eigenvalue weighted by atomic mass is 10.0. The quantitative estimate of drug-likeness (QED) is 0.733. The fourth-order valence-corrected chi connectivity index (χ4v) is 3.01. The summed E-state index contributed by atoms with van der Waals surface area (Å²) in [6, 6.07) is 10.3. The molecule has 1 fully saturated rings. The third-order valence-corrected chi connectivity index (χ3v) is 4.27. The van der Waals surface area contributed by atoms with E-state index in [1.807, 2.05) is 18.3 Å². The summed E-state index contributed by atoms with van der Waals surface area (Å²) in [5.74, 6) is 0.504. The normalized spacial score (nSPS) is 14.1. The first kappa shape index (κ1) is 14.8. The minimum atomic E-state index is -0.251. The van der Waals surface area contributed by atoms with E-state index in [1.165, 1.54) is 25.0 Å². The Balaban J connectivity index is 1.84. The number of hydrogen-bond donors (Lipinski definition) is 0. The van der Waals surface area contributed by atoms with Crippen LogP contribution in [0.2, 0.25) is 0 Å². The van der Waals surface area contributed by atoms with Crippen LogP contribution in [0.5, 0.6) is 0 Å². The van der Waals surface area contributed by atoms with Crippen molar-refractivity contribution in [1.29, 1.82) is 0 Å². The van der Waals surface area contributed by atoms with Crippen LogP contribution in [0.1, 0.15) is 12.8 Å². The molecule has 5 heteroatoms. The molecule has 0 bridgehead atoms. The molecule has 0 aliphatic carbocycles. The largest absolute Gasteiger partial charge is 0.341 e. The highest BCUT2D eigenvalue weighted by molar-refractivity contribution is 5.80. The summed E-state index contributed by atoms with van der Waals surface area (Å²) in [4.78, 5) is 15.7. The molecule has 3 heterocycles. The fraction of sp³-hybridized carbons (Fsp3) is 0.211. The molecule has 0 atom stereocenters. The highest BCUT2D eigenvalue weighted by Crippen LogP contribution is 2.31. The number of benzene rings is 1. The molecule has 3 aromatic rings. The first-order chi connectivity index (χ1) is 11.8. The van der Waals surface area contributed by atoms with Gasteiger partial charge in [0.15, 0.2) is 0 Å². The first-order valence-corrected chi connectivity index (χ1v) is 8.09. The van der Waals surface area contributed by atoms with Crippen LogP contribution in [0.15, 0.2) is 55.0 Å². The molecular formula is C19H17FN4. The Labute approximate surface area is 140 Å². The summed E-state index contributed by atoms with van der Waals surface area (Å²) in [5.41, 5.74) is 3.62. The van der Waals surface area contributed by atoms with Crippen molar-refractivity contribution in [3.63, 3.8) is 0 Å². The minimum Gasteiger partial charge on any atom is -0.341 e. The molecule has 0 unspecified atom stereocenters. The van der Waals surface area contributed by atoms with E-state index in [2.05, 4.69) is 14.9 Å². The molecule has 24 heavy (non-hydrogen) atoms. The second kappa shape index (κ2) is 6.35. The fourth-order valence-electron chi connectivity index (χ4n) is 3.01. The molecule has 0 spiro atoms. The van der Waals surface area contributed by atoms with Crippen LogP contribution in [0.4, 0.5) is 10.3 Å². The van der Waals surface area contributed by atoms with Crippen molar-refractivity contribution in [2.45, 2.75) is 12.8 Å². The van der Waals surface area contributed by atoms with Gasteiger partial charge in [-0.25, -0.2) is 14.4 Å². The molecule has 2 aromatic heterocycles. The highest BCUT2D eigenvalue weighted by atomic mass is 19.1. The SMILES string of the molecule is Fc1ccc(-c2cnc(N3CCCC3)nc2-c2ccncc2)cc1. The lowest BCUT2D eigenvalue weighted by Crippen LogP contribution is -2.20. The number of halogens is 1. The molecule has 4 nitrogen and oxygen atoms in total. The van der Waals surface area contributed by atoms with Gasteiger partial charge < -0.3 is 4.90 Å². The third kappa shape index (κ3) is 2.85. The van der Waals surface area contributed by atoms with E-state index in [4.69, 9.17) is 4.98 Å². The zero-order valence-electron chi connectivity index (χ0n) is 13.2. The number of aromatic nitrogens is 3. The van der Waals surface area contributed by atoms with Gasteiger partial charge in [0.1, 0.15) is 5.82 Å². The Morgan fingerprint density at radius 1 is 0.875 bits per heavy atom. The van der Waals surface area contributed by atoms with Crippen LogP contribution in [0, 0.1) is 5.82 Å². The summed E-state index contributed by atoms with van der Waals surface area (Å²) < 4.78 is 13.2. The highest BCUT2D eigenvalue weighted by Gasteiger charge is 2.18. The van der Waals surface area contributed by atoms with Crippen molar-refractivity contribution >= 4 is 5.95 Å².